The van der Waals surface area contributed by atoms with Crippen molar-refractivity contribution in [2.75, 3.05) is 10.6 Å². The Balaban J connectivity index is 1.71. The molecule has 0 radical (unpaired) electrons. The first-order chi connectivity index (χ1) is 11.5. The first-order valence-electron chi connectivity index (χ1n) is 8.15. The molecule has 0 aromatic heterocycles. The fraction of sp³-hybridized carbons (Fsp3) is 0.250. The largest absolute Gasteiger partial charge is 0.483 e. The molecule has 3 rings (SSSR count). The number of benzene rings is 2. The van der Waals surface area contributed by atoms with Crippen LogP contribution in [0.25, 0.3) is 6.08 Å². The minimum absolute atomic E-state index is 0.261. The summed E-state index contributed by atoms with van der Waals surface area (Å²) in [7, 11) is 0. The van der Waals surface area contributed by atoms with Gasteiger partial charge in [-0.25, -0.2) is 0 Å². The van der Waals surface area contributed by atoms with Gasteiger partial charge >= 0.3 is 0 Å². The lowest BCUT2D eigenvalue weighted by Crippen LogP contribution is -2.27. The maximum absolute atomic E-state index is 5.94. The van der Waals surface area contributed by atoms with Crippen molar-refractivity contribution in [2.24, 2.45) is 0 Å². The van der Waals surface area contributed by atoms with E-state index in [0.717, 1.165) is 29.1 Å². The van der Waals surface area contributed by atoms with Gasteiger partial charge in [0.2, 0.25) is 0 Å². The predicted molar refractivity (Wildman–Crippen MR) is 106 cm³/mol. The van der Waals surface area contributed by atoms with Crippen LogP contribution in [0.4, 0.5) is 11.4 Å². The van der Waals surface area contributed by atoms with Gasteiger partial charge in [-0.2, -0.15) is 0 Å². The molecule has 0 saturated heterocycles. The first-order valence-corrected chi connectivity index (χ1v) is 8.56. The minimum Gasteiger partial charge on any atom is -0.483 e. The molecule has 2 aromatic carbocycles. The first kappa shape index (κ1) is 16.5. The summed E-state index contributed by atoms with van der Waals surface area (Å²) < 4.78 is 5.94. The highest BCUT2D eigenvalue weighted by molar-refractivity contribution is 7.80. The van der Waals surface area contributed by atoms with Crippen molar-refractivity contribution in [3.8, 4) is 5.75 Å². The second kappa shape index (κ2) is 6.65. The van der Waals surface area contributed by atoms with Crippen molar-refractivity contribution in [3.63, 3.8) is 0 Å². The van der Waals surface area contributed by atoms with Gasteiger partial charge in [0.1, 0.15) is 11.4 Å². The van der Waals surface area contributed by atoms with E-state index in [0.29, 0.717) is 5.11 Å². The van der Waals surface area contributed by atoms with Gasteiger partial charge < -0.3 is 15.4 Å². The molecule has 0 spiro atoms. The van der Waals surface area contributed by atoms with Gasteiger partial charge in [0.05, 0.1) is 0 Å². The lowest BCUT2D eigenvalue weighted by Gasteiger charge is -2.28. The van der Waals surface area contributed by atoms with E-state index in [9.17, 15) is 0 Å². The number of para-hydroxylation sites is 1. The number of fused-ring (bicyclic) bond motifs is 1. The molecule has 1 aliphatic rings. The van der Waals surface area contributed by atoms with Gasteiger partial charge in [-0.15, -0.1) is 0 Å². The third kappa shape index (κ3) is 3.77. The van der Waals surface area contributed by atoms with Crippen molar-refractivity contribution >= 4 is 34.8 Å². The molecule has 1 heterocycles. The van der Waals surface area contributed by atoms with E-state index in [2.05, 4.69) is 35.8 Å². The topological polar surface area (TPSA) is 33.3 Å². The maximum atomic E-state index is 5.94. The molecule has 0 bridgehead atoms. The molecule has 0 aliphatic carbocycles. The van der Waals surface area contributed by atoms with E-state index in [4.69, 9.17) is 17.0 Å². The fourth-order valence-electron chi connectivity index (χ4n) is 2.69. The van der Waals surface area contributed by atoms with Crippen LogP contribution in [0.3, 0.4) is 0 Å². The van der Waals surface area contributed by atoms with E-state index in [-0.39, 0.29) is 5.60 Å². The Hall–Kier alpha value is -2.33. The number of hydrogen-bond acceptors (Lipinski definition) is 2. The molecule has 0 fully saturated rings. The quantitative estimate of drug-likeness (QED) is 0.750. The third-order valence-corrected chi connectivity index (χ3v) is 4.16. The molecule has 0 amide bonds. The van der Waals surface area contributed by atoms with Gasteiger partial charge in [-0.05, 0) is 68.4 Å². The highest BCUT2D eigenvalue weighted by atomic mass is 32.1. The maximum Gasteiger partial charge on any atom is 0.175 e. The average Bonchev–Trinajstić information content (AvgIpc) is 2.55. The van der Waals surface area contributed by atoms with Crippen molar-refractivity contribution in [1.29, 1.82) is 0 Å². The van der Waals surface area contributed by atoms with Crippen LogP contribution in [0.15, 0.2) is 48.5 Å². The molecule has 124 valence electrons. The Morgan fingerprint density at radius 2 is 1.92 bits per heavy atom. The molecule has 0 unspecified atom stereocenters. The molecule has 0 atom stereocenters. The second-order valence-electron chi connectivity index (χ2n) is 6.38. The normalized spacial score (nSPS) is 14.5. The predicted octanol–water partition coefficient (Wildman–Crippen LogP) is 5.24. The fourth-order valence-corrected chi connectivity index (χ4v) is 2.92. The van der Waals surface area contributed by atoms with Crippen molar-refractivity contribution in [3.05, 3.63) is 59.7 Å². The minimum atomic E-state index is -0.261. The number of hydrogen-bond donors (Lipinski definition) is 2. The summed E-state index contributed by atoms with van der Waals surface area (Å²) in [6.07, 6.45) is 5.11. The summed E-state index contributed by atoms with van der Waals surface area (Å²) in [6, 6.07) is 14.2. The highest BCUT2D eigenvalue weighted by Crippen LogP contribution is 2.32. The summed E-state index contributed by atoms with van der Waals surface area (Å²) in [5, 5.41) is 7.10. The van der Waals surface area contributed by atoms with Crippen LogP contribution < -0.4 is 15.4 Å². The van der Waals surface area contributed by atoms with Crippen LogP contribution in [-0.4, -0.2) is 10.7 Å². The Morgan fingerprint density at radius 1 is 1.12 bits per heavy atom. The number of thiocarbonyl (C=S) groups is 1. The number of ether oxygens (including phenoxy) is 1. The van der Waals surface area contributed by atoms with Crippen LogP contribution in [0.2, 0.25) is 0 Å². The molecule has 24 heavy (non-hydrogen) atoms. The smallest absolute Gasteiger partial charge is 0.175 e. The molecular formula is C20H22N2OS. The molecule has 0 saturated carbocycles. The van der Waals surface area contributed by atoms with Crippen molar-refractivity contribution in [1.82, 2.24) is 0 Å². The van der Waals surface area contributed by atoms with E-state index in [1.54, 1.807) is 0 Å². The Labute approximate surface area is 148 Å². The summed E-state index contributed by atoms with van der Waals surface area (Å²) in [5.74, 6) is 0.892. The van der Waals surface area contributed by atoms with E-state index in [1.165, 1.54) is 5.56 Å². The Kier molecular flexibility index (Phi) is 4.58. The van der Waals surface area contributed by atoms with Crippen LogP contribution in [0, 0.1) is 0 Å². The van der Waals surface area contributed by atoms with Gasteiger partial charge in [0.15, 0.2) is 5.11 Å². The van der Waals surface area contributed by atoms with Gasteiger partial charge in [-0.1, -0.05) is 31.2 Å². The van der Waals surface area contributed by atoms with E-state index < -0.39 is 0 Å². The van der Waals surface area contributed by atoms with Crippen molar-refractivity contribution < 1.29 is 4.74 Å². The highest BCUT2D eigenvalue weighted by Gasteiger charge is 2.21. The Morgan fingerprint density at radius 3 is 2.71 bits per heavy atom. The van der Waals surface area contributed by atoms with E-state index >= 15 is 0 Å². The lowest BCUT2D eigenvalue weighted by atomic mass is 10.0. The van der Waals surface area contributed by atoms with Crippen LogP contribution in [-0.2, 0) is 6.42 Å². The van der Waals surface area contributed by atoms with Crippen LogP contribution in [0.5, 0.6) is 5.75 Å². The molecule has 3 nitrogen and oxygen atoms in total. The molecular weight excluding hydrogens is 316 g/mol. The van der Waals surface area contributed by atoms with Crippen molar-refractivity contribution in [2.45, 2.75) is 32.8 Å². The molecule has 2 aromatic rings. The Bertz CT molecular complexity index is 796. The summed E-state index contributed by atoms with van der Waals surface area (Å²) >= 11 is 5.45. The van der Waals surface area contributed by atoms with E-state index in [1.807, 2.05) is 50.2 Å². The number of aryl methyl sites for hydroxylation is 1. The standard InChI is InChI=1S/C20H22N2OS/c1-4-14-7-5-6-8-17(14)22-19(24)21-16-9-10-18-15(13-16)11-12-20(2,3)23-18/h5-13H,4H2,1-3H3,(H2,21,22,24). The van der Waals surface area contributed by atoms with Crippen LogP contribution in [0.1, 0.15) is 31.9 Å². The zero-order valence-electron chi connectivity index (χ0n) is 14.2. The average molecular weight is 338 g/mol. The zero-order chi connectivity index (χ0) is 17.2. The van der Waals surface area contributed by atoms with Gasteiger partial charge in [0.25, 0.3) is 0 Å². The monoisotopic (exact) mass is 338 g/mol. The second-order valence-corrected chi connectivity index (χ2v) is 6.79. The number of anilines is 2. The summed E-state index contributed by atoms with van der Waals surface area (Å²) in [5.41, 5.74) is 4.01. The van der Waals surface area contributed by atoms with Gasteiger partial charge in [0, 0.05) is 16.9 Å². The summed E-state index contributed by atoms with van der Waals surface area (Å²) in [6.45, 7) is 6.22. The number of nitrogens with one attached hydrogen (secondary N) is 2. The van der Waals surface area contributed by atoms with Gasteiger partial charge in [-0.3, -0.25) is 0 Å². The SMILES string of the molecule is CCc1ccccc1NC(=S)Nc1ccc2c(c1)C=CC(C)(C)O2. The molecule has 1 aliphatic heterocycles. The molecule has 2 N–H and O–H groups in total. The van der Waals surface area contributed by atoms with Crippen LogP contribution >= 0.6 is 12.2 Å². The number of rotatable bonds is 3. The summed E-state index contributed by atoms with van der Waals surface area (Å²) in [4.78, 5) is 0. The lowest BCUT2D eigenvalue weighted by molar-refractivity contribution is 0.159. The molecule has 4 heteroatoms. The third-order valence-electron chi connectivity index (χ3n) is 3.95. The zero-order valence-corrected chi connectivity index (χ0v) is 15.0.